The standard InChI is InChI=1S/C25H32N4O6/c1-25(2,3)35-24(33)27(4)14-8-16-34-15-7-10-17-9-6-11-18-21(17)28(5)23(32)29(18)19-12-13-20(30)26-22(19)31/h6,9,11,19H,8,12-16H2,1-5H3,(H,26,30,31). The number of aryl methyl sites for hydroxylation is 1. The van der Waals surface area contributed by atoms with E-state index >= 15 is 0 Å². The summed E-state index contributed by atoms with van der Waals surface area (Å²) in [6, 6.07) is 4.61. The first-order chi connectivity index (χ1) is 16.5. The van der Waals surface area contributed by atoms with Crippen molar-refractivity contribution in [3.8, 4) is 11.8 Å². The number of hydrogen-bond donors (Lipinski definition) is 1. The van der Waals surface area contributed by atoms with E-state index < -0.39 is 17.6 Å². The average Bonchev–Trinajstić information content (AvgIpc) is 3.02. The third-order valence-electron chi connectivity index (χ3n) is 5.51. The van der Waals surface area contributed by atoms with Gasteiger partial charge in [0, 0.05) is 33.7 Å². The Bertz CT molecular complexity index is 1240. The van der Waals surface area contributed by atoms with Crippen LogP contribution in [0.3, 0.4) is 0 Å². The third-order valence-corrected chi connectivity index (χ3v) is 5.51. The fourth-order valence-corrected chi connectivity index (χ4v) is 3.86. The van der Waals surface area contributed by atoms with Crippen molar-refractivity contribution in [2.75, 3.05) is 26.8 Å². The van der Waals surface area contributed by atoms with Gasteiger partial charge in [0.25, 0.3) is 0 Å². The molecule has 1 fully saturated rings. The number of para-hydroxylation sites is 1. The lowest BCUT2D eigenvalue weighted by molar-refractivity contribution is -0.135. The topological polar surface area (TPSA) is 112 Å². The molecule has 1 aliphatic rings. The highest BCUT2D eigenvalue weighted by molar-refractivity contribution is 6.00. The molecule has 0 aliphatic carbocycles. The fourth-order valence-electron chi connectivity index (χ4n) is 3.86. The number of nitrogens with zero attached hydrogens (tertiary/aromatic N) is 3. The minimum absolute atomic E-state index is 0.184. The van der Waals surface area contributed by atoms with E-state index in [2.05, 4.69) is 17.2 Å². The van der Waals surface area contributed by atoms with Crippen LogP contribution in [0.1, 0.15) is 51.6 Å². The van der Waals surface area contributed by atoms with E-state index in [1.165, 1.54) is 14.0 Å². The molecule has 2 heterocycles. The van der Waals surface area contributed by atoms with E-state index in [-0.39, 0.29) is 37.1 Å². The zero-order valence-corrected chi connectivity index (χ0v) is 20.8. The van der Waals surface area contributed by atoms with Gasteiger partial charge in [-0.05, 0) is 45.7 Å². The largest absolute Gasteiger partial charge is 0.444 e. The number of amides is 3. The van der Waals surface area contributed by atoms with E-state index in [4.69, 9.17) is 9.47 Å². The van der Waals surface area contributed by atoms with Gasteiger partial charge in [0.15, 0.2) is 0 Å². The molecule has 2 aromatic rings. The number of fused-ring (bicyclic) bond motifs is 1. The van der Waals surface area contributed by atoms with Gasteiger partial charge in [0.05, 0.1) is 16.6 Å². The predicted octanol–water partition coefficient (Wildman–Crippen LogP) is 1.94. The Balaban J connectivity index is 1.62. The van der Waals surface area contributed by atoms with Crippen LogP contribution in [0.2, 0.25) is 0 Å². The van der Waals surface area contributed by atoms with Gasteiger partial charge in [0.2, 0.25) is 11.8 Å². The molecule has 0 bridgehead atoms. The molecule has 0 spiro atoms. The molecule has 1 unspecified atom stereocenters. The van der Waals surface area contributed by atoms with Crippen molar-refractivity contribution >= 4 is 28.9 Å². The zero-order chi connectivity index (χ0) is 25.8. The van der Waals surface area contributed by atoms with Gasteiger partial charge in [-0.1, -0.05) is 17.9 Å². The molecule has 3 rings (SSSR count). The van der Waals surface area contributed by atoms with Crippen LogP contribution in [0.4, 0.5) is 4.79 Å². The van der Waals surface area contributed by atoms with Crippen LogP contribution in [0, 0.1) is 11.8 Å². The van der Waals surface area contributed by atoms with Crippen molar-refractivity contribution in [2.24, 2.45) is 7.05 Å². The summed E-state index contributed by atoms with van der Waals surface area (Å²) < 4.78 is 13.8. The first-order valence-electron chi connectivity index (χ1n) is 11.5. The number of hydrogen-bond acceptors (Lipinski definition) is 6. The summed E-state index contributed by atoms with van der Waals surface area (Å²) >= 11 is 0. The van der Waals surface area contributed by atoms with Crippen molar-refractivity contribution < 1.29 is 23.9 Å². The fraction of sp³-hybridized carbons (Fsp3) is 0.520. The van der Waals surface area contributed by atoms with Crippen LogP contribution in [0.15, 0.2) is 23.0 Å². The van der Waals surface area contributed by atoms with Crippen LogP contribution in [0.5, 0.6) is 0 Å². The third kappa shape index (κ3) is 6.31. The maximum Gasteiger partial charge on any atom is 0.410 e. The van der Waals surface area contributed by atoms with Crippen LogP contribution in [-0.4, -0.2) is 64.3 Å². The number of benzene rings is 1. The Labute approximate surface area is 204 Å². The number of nitrogens with one attached hydrogen (secondary N) is 1. The summed E-state index contributed by atoms with van der Waals surface area (Å²) in [6.07, 6.45) is 0.719. The molecule has 0 saturated carbocycles. The van der Waals surface area contributed by atoms with Crippen LogP contribution in [-0.2, 0) is 26.1 Å². The lowest BCUT2D eigenvalue weighted by atomic mass is 10.1. The van der Waals surface area contributed by atoms with Gasteiger partial charge in [-0.15, -0.1) is 0 Å². The number of carbonyl (C=O) groups is 3. The number of piperidine rings is 1. The second-order valence-corrected chi connectivity index (χ2v) is 9.46. The minimum Gasteiger partial charge on any atom is -0.444 e. The van der Waals surface area contributed by atoms with E-state index in [0.717, 1.165) is 0 Å². The summed E-state index contributed by atoms with van der Waals surface area (Å²) in [4.78, 5) is 50.3. The van der Waals surface area contributed by atoms with Crippen molar-refractivity contribution in [2.45, 2.75) is 51.7 Å². The predicted molar refractivity (Wildman–Crippen MR) is 130 cm³/mol. The molecule has 10 heteroatoms. The lowest BCUT2D eigenvalue weighted by Crippen LogP contribution is -2.44. The molecular formula is C25H32N4O6. The Hall–Kier alpha value is -3.58. The van der Waals surface area contributed by atoms with E-state index in [9.17, 15) is 19.2 Å². The van der Waals surface area contributed by atoms with Gasteiger partial charge in [-0.3, -0.25) is 24.0 Å². The molecule has 10 nitrogen and oxygen atoms in total. The molecule has 1 aliphatic heterocycles. The van der Waals surface area contributed by atoms with E-state index in [0.29, 0.717) is 36.2 Å². The second-order valence-electron chi connectivity index (χ2n) is 9.46. The molecular weight excluding hydrogens is 452 g/mol. The molecule has 188 valence electrons. The summed E-state index contributed by atoms with van der Waals surface area (Å²) in [7, 11) is 3.32. The summed E-state index contributed by atoms with van der Waals surface area (Å²) in [5.41, 5.74) is 0.973. The Kier molecular flexibility index (Phi) is 8.02. The molecule has 1 atom stereocenters. The second kappa shape index (κ2) is 10.8. The molecule has 35 heavy (non-hydrogen) atoms. The monoisotopic (exact) mass is 484 g/mol. The number of imidazole rings is 1. The number of carbonyl (C=O) groups excluding carboxylic acids is 3. The van der Waals surface area contributed by atoms with Crippen molar-refractivity contribution in [3.05, 3.63) is 34.2 Å². The normalized spacial score (nSPS) is 16.0. The Morgan fingerprint density at radius 1 is 1.26 bits per heavy atom. The maximum atomic E-state index is 12.9. The van der Waals surface area contributed by atoms with Crippen LogP contribution < -0.4 is 11.0 Å². The molecule has 3 amide bonds. The smallest absolute Gasteiger partial charge is 0.410 e. The molecule has 0 radical (unpaired) electrons. The first-order valence-corrected chi connectivity index (χ1v) is 11.5. The lowest BCUT2D eigenvalue weighted by Gasteiger charge is -2.24. The van der Waals surface area contributed by atoms with Gasteiger partial charge >= 0.3 is 11.8 Å². The first kappa shape index (κ1) is 26.0. The summed E-state index contributed by atoms with van der Waals surface area (Å²) in [5.74, 6) is 5.20. The summed E-state index contributed by atoms with van der Waals surface area (Å²) in [6.45, 7) is 6.58. The van der Waals surface area contributed by atoms with Crippen LogP contribution >= 0.6 is 0 Å². The molecule has 1 aromatic heterocycles. The summed E-state index contributed by atoms with van der Waals surface area (Å²) in [5, 5.41) is 2.31. The van der Waals surface area contributed by atoms with Crippen molar-refractivity contribution in [3.63, 3.8) is 0 Å². The Morgan fingerprint density at radius 2 is 2.00 bits per heavy atom. The van der Waals surface area contributed by atoms with Gasteiger partial charge in [-0.2, -0.15) is 0 Å². The average molecular weight is 485 g/mol. The number of rotatable bonds is 6. The zero-order valence-electron chi connectivity index (χ0n) is 20.8. The number of aromatic nitrogens is 2. The van der Waals surface area contributed by atoms with Crippen molar-refractivity contribution in [1.29, 1.82) is 0 Å². The maximum absolute atomic E-state index is 12.9. The van der Waals surface area contributed by atoms with Crippen molar-refractivity contribution in [1.82, 2.24) is 19.4 Å². The quantitative estimate of drug-likeness (QED) is 0.381. The highest BCUT2D eigenvalue weighted by Crippen LogP contribution is 2.24. The van der Waals surface area contributed by atoms with E-state index in [1.54, 1.807) is 32.3 Å². The highest BCUT2D eigenvalue weighted by atomic mass is 16.6. The SMILES string of the molecule is CN(CCCOCC#Cc1cccc2c1n(C)c(=O)n2C1CCC(=O)NC1=O)C(=O)OC(C)(C)C. The number of imide groups is 1. The molecule has 1 aromatic carbocycles. The van der Waals surface area contributed by atoms with Crippen LogP contribution in [0.25, 0.3) is 11.0 Å². The van der Waals surface area contributed by atoms with Gasteiger partial charge < -0.3 is 14.4 Å². The van der Waals surface area contributed by atoms with Gasteiger partial charge in [0.1, 0.15) is 18.2 Å². The molecule has 1 saturated heterocycles. The minimum atomic E-state index is -0.741. The highest BCUT2D eigenvalue weighted by Gasteiger charge is 2.31. The molecule has 1 N–H and O–H groups in total. The number of ether oxygens (including phenoxy) is 2. The Morgan fingerprint density at radius 3 is 2.69 bits per heavy atom. The van der Waals surface area contributed by atoms with Gasteiger partial charge in [-0.25, -0.2) is 9.59 Å². The van der Waals surface area contributed by atoms with E-state index in [1.807, 2.05) is 20.8 Å².